The molecule has 4 heteroatoms. The number of hydrogen-bond acceptors (Lipinski definition) is 3. The van der Waals surface area contributed by atoms with Gasteiger partial charge in [-0.3, -0.25) is 0 Å². The minimum atomic E-state index is 0.720. The molecule has 0 saturated carbocycles. The van der Waals surface area contributed by atoms with Crippen LogP contribution in [-0.2, 0) is 11.3 Å². The van der Waals surface area contributed by atoms with Gasteiger partial charge in [-0.2, -0.15) is 0 Å². The van der Waals surface area contributed by atoms with Crippen LogP contribution in [0, 0.1) is 5.92 Å². The van der Waals surface area contributed by atoms with E-state index in [0.29, 0.717) is 0 Å². The van der Waals surface area contributed by atoms with Gasteiger partial charge < -0.3 is 10.1 Å². The lowest BCUT2D eigenvalue weighted by molar-refractivity contribution is 0.185. The SMILES string of the molecule is Brc1cc(CNCC2CCOC2)cs1. The maximum Gasteiger partial charge on any atom is 0.0701 e. The third kappa shape index (κ3) is 3.05. The quantitative estimate of drug-likeness (QED) is 0.912. The van der Waals surface area contributed by atoms with Crippen LogP contribution in [0.25, 0.3) is 0 Å². The summed E-state index contributed by atoms with van der Waals surface area (Å²) in [6, 6.07) is 2.17. The summed E-state index contributed by atoms with van der Waals surface area (Å²) in [5, 5.41) is 5.65. The normalized spacial score (nSPS) is 21.6. The monoisotopic (exact) mass is 275 g/mol. The summed E-state index contributed by atoms with van der Waals surface area (Å²) in [5.41, 5.74) is 1.36. The van der Waals surface area contributed by atoms with Gasteiger partial charge in [0, 0.05) is 19.7 Å². The second-order valence-electron chi connectivity index (χ2n) is 3.62. The van der Waals surface area contributed by atoms with Crippen LogP contribution < -0.4 is 5.32 Å². The van der Waals surface area contributed by atoms with Crippen LogP contribution >= 0.6 is 27.3 Å². The highest BCUT2D eigenvalue weighted by Gasteiger charge is 2.14. The van der Waals surface area contributed by atoms with E-state index >= 15 is 0 Å². The van der Waals surface area contributed by atoms with E-state index in [2.05, 4.69) is 32.7 Å². The Kier molecular flexibility index (Phi) is 3.99. The molecule has 14 heavy (non-hydrogen) atoms. The average Bonchev–Trinajstić information content (AvgIpc) is 2.77. The highest BCUT2D eigenvalue weighted by molar-refractivity contribution is 9.11. The molecule has 0 bridgehead atoms. The minimum Gasteiger partial charge on any atom is -0.381 e. The van der Waals surface area contributed by atoms with Crippen LogP contribution in [0.1, 0.15) is 12.0 Å². The van der Waals surface area contributed by atoms with Crippen LogP contribution in [0.2, 0.25) is 0 Å². The fourth-order valence-corrected chi connectivity index (χ4v) is 2.81. The molecule has 0 radical (unpaired) electrons. The van der Waals surface area contributed by atoms with Crippen molar-refractivity contribution in [2.75, 3.05) is 19.8 Å². The van der Waals surface area contributed by atoms with Crippen molar-refractivity contribution in [3.63, 3.8) is 0 Å². The van der Waals surface area contributed by atoms with E-state index in [0.717, 1.165) is 32.2 Å². The Morgan fingerprint density at radius 1 is 1.64 bits per heavy atom. The molecule has 2 nitrogen and oxygen atoms in total. The molecule has 1 fully saturated rings. The van der Waals surface area contributed by atoms with E-state index in [-0.39, 0.29) is 0 Å². The molecule has 1 aliphatic heterocycles. The molecule has 78 valence electrons. The third-order valence-corrected chi connectivity index (χ3v) is 3.96. The molecule has 1 aromatic heterocycles. The molecule has 2 heterocycles. The van der Waals surface area contributed by atoms with E-state index in [1.165, 1.54) is 15.8 Å². The van der Waals surface area contributed by atoms with Crippen molar-refractivity contribution in [3.05, 3.63) is 20.8 Å². The van der Waals surface area contributed by atoms with Gasteiger partial charge in [0.05, 0.1) is 10.4 Å². The minimum absolute atomic E-state index is 0.720. The number of rotatable bonds is 4. The first-order valence-electron chi connectivity index (χ1n) is 4.86. The Morgan fingerprint density at radius 2 is 2.57 bits per heavy atom. The molecule has 0 amide bonds. The Bertz CT molecular complexity index is 283. The molecule has 1 aromatic rings. The van der Waals surface area contributed by atoms with E-state index < -0.39 is 0 Å². The Labute approximate surface area is 96.8 Å². The first-order valence-corrected chi connectivity index (χ1v) is 6.53. The van der Waals surface area contributed by atoms with Crippen molar-refractivity contribution in [2.24, 2.45) is 5.92 Å². The van der Waals surface area contributed by atoms with Gasteiger partial charge >= 0.3 is 0 Å². The van der Waals surface area contributed by atoms with Gasteiger partial charge in [-0.1, -0.05) is 0 Å². The van der Waals surface area contributed by atoms with Gasteiger partial charge in [0.2, 0.25) is 0 Å². The highest BCUT2D eigenvalue weighted by atomic mass is 79.9. The summed E-state index contributed by atoms with van der Waals surface area (Å²) >= 11 is 5.20. The van der Waals surface area contributed by atoms with E-state index in [1.807, 2.05) is 0 Å². The molecule has 0 aromatic carbocycles. The maximum atomic E-state index is 5.32. The maximum absolute atomic E-state index is 5.32. The third-order valence-electron chi connectivity index (χ3n) is 2.41. The van der Waals surface area contributed by atoms with Crippen LogP contribution in [0.3, 0.4) is 0 Å². The molecule has 1 saturated heterocycles. The first kappa shape index (κ1) is 10.6. The van der Waals surface area contributed by atoms with Crippen molar-refractivity contribution < 1.29 is 4.74 Å². The van der Waals surface area contributed by atoms with Crippen molar-refractivity contribution in [2.45, 2.75) is 13.0 Å². The van der Waals surface area contributed by atoms with Crippen LogP contribution in [0.4, 0.5) is 0 Å². The van der Waals surface area contributed by atoms with Gasteiger partial charge in [-0.05, 0) is 45.3 Å². The van der Waals surface area contributed by atoms with Crippen LogP contribution in [-0.4, -0.2) is 19.8 Å². The fourth-order valence-electron chi connectivity index (χ4n) is 1.60. The van der Waals surface area contributed by atoms with Gasteiger partial charge in [0.15, 0.2) is 0 Å². The Morgan fingerprint density at radius 3 is 3.21 bits per heavy atom. The molecular formula is C10H14BrNOS. The fraction of sp³-hybridized carbons (Fsp3) is 0.600. The molecule has 1 unspecified atom stereocenters. The summed E-state index contributed by atoms with van der Waals surface area (Å²) in [4.78, 5) is 0. The zero-order chi connectivity index (χ0) is 9.80. The number of thiophene rings is 1. The standard InChI is InChI=1S/C10H14BrNOS/c11-10-3-9(7-14-10)5-12-4-8-1-2-13-6-8/h3,7-8,12H,1-2,4-6H2. The van der Waals surface area contributed by atoms with Gasteiger partial charge in [-0.25, -0.2) is 0 Å². The van der Waals surface area contributed by atoms with E-state index in [1.54, 1.807) is 11.3 Å². The van der Waals surface area contributed by atoms with E-state index in [9.17, 15) is 0 Å². The summed E-state index contributed by atoms with van der Waals surface area (Å²) in [5.74, 6) is 0.720. The first-order chi connectivity index (χ1) is 6.84. The molecular weight excluding hydrogens is 262 g/mol. The number of nitrogens with one attached hydrogen (secondary N) is 1. The van der Waals surface area contributed by atoms with Crippen molar-refractivity contribution in [1.29, 1.82) is 0 Å². The van der Waals surface area contributed by atoms with Gasteiger partial charge in [0.1, 0.15) is 0 Å². The van der Waals surface area contributed by atoms with Crippen molar-refractivity contribution in [1.82, 2.24) is 5.32 Å². The molecule has 2 rings (SSSR count). The zero-order valence-corrected chi connectivity index (χ0v) is 10.4. The van der Waals surface area contributed by atoms with Gasteiger partial charge in [-0.15, -0.1) is 11.3 Å². The lowest BCUT2D eigenvalue weighted by Gasteiger charge is -2.07. The molecule has 1 aliphatic rings. The Balaban J connectivity index is 1.67. The summed E-state index contributed by atoms with van der Waals surface area (Å²) in [6.07, 6.45) is 1.21. The largest absolute Gasteiger partial charge is 0.381 e. The Hall–Kier alpha value is 0.1000. The lowest BCUT2D eigenvalue weighted by Crippen LogP contribution is -2.22. The number of halogens is 1. The van der Waals surface area contributed by atoms with Crippen molar-refractivity contribution in [3.8, 4) is 0 Å². The molecule has 0 aliphatic carbocycles. The predicted molar refractivity (Wildman–Crippen MR) is 62.7 cm³/mol. The molecule has 0 spiro atoms. The summed E-state index contributed by atoms with van der Waals surface area (Å²) in [6.45, 7) is 3.92. The number of hydrogen-bond donors (Lipinski definition) is 1. The second-order valence-corrected chi connectivity index (χ2v) is 5.91. The smallest absolute Gasteiger partial charge is 0.0701 e. The van der Waals surface area contributed by atoms with Crippen molar-refractivity contribution >= 4 is 27.3 Å². The van der Waals surface area contributed by atoms with E-state index in [4.69, 9.17) is 4.74 Å². The highest BCUT2D eigenvalue weighted by Crippen LogP contribution is 2.20. The summed E-state index contributed by atoms with van der Waals surface area (Å²) < 4.78 is 6.53. The lowest BCUT2D eigenvalue weighted by atomic mass is 10.1. The second kappa shape index (κ2) is 5.26. The zero-order valence-electron chi connectivity index (χ0n) is 7.96. The average molecular weight is 276 g/mol. The van der Waals surface area contributed by atoms with Gasteiger partial charge in [0.25, 0.3) is 0 Å². The molecule has 1 atom stereocenters. The number of ether oxygens (including phenoxy) is 1. The topological polar surface area (TPSA) is 21.3 Å². The molecule has 1 N–H and O–H groups in total. The van der Waals surface area contributed by atoms with Crippen LogP contribution in [0.5, 0.6) is 0 Å². The summed E-state index contributed by atoms with van der Waals surface area (Å²) in [7, 11) is 0. The predicted octanol–water partition coefficient (Wildman–Crippen LogP) is 2.64. The van der Waals surface area contributed by atoms with Crippen LogP contribution in [0.15, 0.2) is 15.2 Å².